The van der Waals surface area contributed by atoms with Crippen molar-refractivity contribution < 1.29 is 19.7 Å². The van der Waals surface area contributed by atoms with Crippen LogP contribution in [-0.2, 0) is 4.74 Å². The number of ether oxygens (including phenoxy) is 1. The van der Waals surface area contributed by atoms with Gasteiger partial charge in [0, 0.05) is 12.1 Å². The molecule has 23 heavy (non-hydrogen) atoms. The van der Waals surface area contributed by atoms with E-state index in [0.717, 1.165) is 44.9 Å². The van der Waals surface area contributed by atoms with Gasteiger partial charge in [0.15, 0.2) is 0 Å². The highest BCUT2D eigenvalue weighted by Gasteiger charge is 2.47. The van der Waals surface area contributed by atoms with Crippen molar-refractivity contribution in [3.05, 3.63) is 0 Å². The van der Waals surface area contributed by atoms with Gasteiger partial charge in [0.25, 0.3) is 0 Å². The maximum absolute atomic E-state index is 12.6. The number of hydrogen-bond acceptors (Lipinski definition) is 4. The average molecular weight is 329 g/mol. The highest BCUT2D eigenvalue weighted by atomic mass is 16.6. The first kappa shape index (κ1) is 20.2. The normalized spacial score (nSPS) is 25.0. The second-order valence-corrected chi connectivity index (χ2v) is 7.81. The zero-order chi connectivity index (χ0) is 17.5. The van der Waals surface area contributed by atoms with Crippen molar-refractivity contribution in [2.75, 3.05) is 13.2 Å². The van der Waals surface area contributed by atoms with Gasteiger partial charge in [-0.05, 0) is 52.9 Å². The van der Waals surface area contributed by atoms with Crippen molar-refractivity contribution in [1.29, 1.82) is 0 Å². The van der Waals surface area contributed by atoms with E-state index in [0.29, 0.717) is 13.0 Å². The Morgan fingerprint density at radius 3 is 2.35 bits per heavy atom. The highest BCUT2D eigenvalue weighted by molar-refractivity contribution is 5.70. The zero-order valence-corrected chi connectivity index (χ0v) is 15.3. The second-order valence-electron chi connectivity index (χ2n) is 7.81. The van der Waals surface area contributed by atoms with Crippen LogP contribution in [0.5, 0.6) is 0 Å². The number of unbranched alkanes of at least 4 members (excludes halogenated alkanes) is 3. The maximum Gasteiger partial charge on any atom is 0.410 e. The van der Waals surface area contributed by atoms with Crippen LogP contribution >= 0.6 is 0 Å². The van der Waals surface area contributed by atoms with Gasteiger partial charge in [-0.25, -0.2) is 4.79 Å². The fraction of sp³-hybridized carbons (Fsp3) is 0.944. The van der Waals surface area contributed by atoms with E-state index < -0.39 is 11.7 Å². The summed E-state index contributed by atoms with van der Waals surface area (Å²) in [5.74, 6) is 0. The Balaban J connectivity index is 2.88. The lowest BCUT2D eigenvalue weighted by Gasteiger charge is -2.39. The highest BCUT2D eigenvalue weighted by Crippen LogP contribution is 2.39. The Morgan fingerprint density at radius 1 is 1.22 bits per heavy atom. The fourth-order valence-electron chi connectivity index (χ4n) is 3.47. The first-order valence-electron chi connectivity index (χ1n) is 9.03. The molecule has 2 atom stereocenters. The monoisotopic (exact) mass is 329 g/mol. The Labute approximate surface area is 141 Å². The molecule has 0 aromatic heterocycles. The Kier molecular flexibility index (Phi) is 7.81. The quantitative estimate of drug-likeness (QED) is 0.669. The summed E-state index contributed by atoms with van der Waals surface area (Å²) in [5.41, 5.74) is -0.864. The lowest BCUT2D eigenvalue weighted by molar-refractivity contribution is 0.00290. The largest absolute Gasteiger partial charge is 0.444 e. The number of likely N-dealkylation sites (tertiary alicyclic amines) is 1. The van der Waals surface area contributed by atoms with E-state index in [2.05, 4.69) is 6.92 Å². The third kappa shape index (κ3) is 6.30. The van der Waals surface area contributed by atoms with Gasteiger partial charge in [-0.3, -0.25) is 4.90 Å². The molecular formula is C18H35NO4. The van der Waals surface area contributed by atoms with Gasteiger partial charge in [-0.15, -0.1) is 0 Å². The van der Waals surface area contributed by atoms with E-state index in [4.69, 9.17) is 9.84 Å². The summed E-state index contributed by atoms with van der Waals surface area (Å²) in [7, 11) is 0. The van der Waals surface area contributed by atoms with Crippen molar-refractivity contribution in [2.24, 2.45) is 0 Å². The molecule has 0 saturated carbocycles. The molecule has 0 spiro atoms. The van der Waals surface area contributed by atoms with E-state index in [1.54, 1.807) is 4.90 Å². The number of nitrogens with zero attached hydrogens (tertiary/aromatic N) is 1. The molecule has 0 radical (unpaired) electrons. The predicted octanol–water partition coefficient (Wildman–Crippen LogP) is 3.47. The van der Waals surface area contributed by atoms with Gasteiger partial charge in [-0.1, -0.05) is 26.2 Å². The SMILES string of the molecule is CCCCC[C@@]1(CCCCO)C[C@@H](O)CN1C(=O)OC(C)(C)C. The molecule has 5 heteroatoms. The lowest BCUT2D eigenvalue weighted by atomic mass is 9.84. The van der Waals surface area contributed by atoms with Crippen LogP contribution in [-0.4, -0.2) is 51.6 Å². The molecule has 0 aliphatic carbocycles. The van der Waals surface area contributed by atoms with Crippen LogP contribution in [0.25, 0.3) is 0 Å². The second kappa shape index (κ2) is 8.88. The minimum Gasteiger partial charge on any atom is -0.444 e. The summed E-state index contributed by atoms with van der Waals surface area (Å²) in [6.45, 7) is 8.26. The van der Waals surface area contributed by atoms with Crippen molar-refractivity contribution in [3.63, 3.8) is 0 Å². The van der Waals surface area contributed by atoms with E-state index >= 15 is 0 Å². The minimum absolute atomic E-state index is 0.167. The molecule has 1 saturated heterocycles. The van der Waals surface area contributed by atoms with Gasteiger partial charge in [0.2, 0.25) is 0 Å². The minimum atomic E-state index is -0.537. The van der Waals surface area contributed by atoms with E-state index in [9.17, 15) is 9.90 Å². The van der Waals surface area contributed by atoms with Crippen molar-refractivity contribution in [3.8, 4) is 0 Å². The number of β-amino-alcohol motifs (C(OH)–C–C–N with tert-alkyl or cyclic N) is 1. The maximum atomic E-state index is 12.6. The van der Waals surface area contributed by atoms with Gasteiger partial charge in [0.05, 0.1) is 12.6 Å². The molecule has 5 nitrogen and oxygen atoms in total. The Hall–Kier alpha value is -0.810. The molecule has 0 unspecified atom stereocenters. The molecule has 2 N–H and O–H groups in total. The Morgan fingerprint density at radius 2 is 1.83 bits per heavy atom. The topological polar surface area (TPSA) is 70.0 Å². The smallest absolute Gasteiger partial charge is 0.410 e. The van der Waals surface area contributed by atoms with Gasteiger partial charge >= 0.3 is 6.09 Å². The standard InChI is InChI=1S/C18H35NO4/c1-5-6-7-10-18(11-8-9-12-20)13-15(21)14-19(18)16(22)23-17(2,3)4/h15,20-21H,5-14H2,1-4H3/t15-,18-/m1/s1. The number of amides is 1. The number of carbonyl (C=O) groups excluding carboxylic acids is 1. The third-order valence-corrected chi connectivity index (χ3v) is 4.49. The van der Waals surface area contributed by atoms with Gasteiger partial charge < -0.3 is 14.9 Å². The summed E-state index contributed by atoms with van der Waals surface area (Å²) >= 11 is 0. The van der Waals surface area contributed by atoms with Crippen LogP contribution < -0.4 is 0 Å². The summed E-state index contributed by atoms with van der Waals surface area (Å²) in [4.78, 5) is 14.4. The van der Waals surface area contributed by atoms with Crippen molar-refractivity contribution in [2.45, 2.75) is 96.3 Å². The van der Waals surface area contributed by atoms with E-state index in [1.807, 2.05) is 20.8 Å². The summed E-state index contributed by atoms with van der Waals surface area (Å²) < 4.78 is 5.56. The molecule has 1 heterocycles. The number of hydrogen-bond donors (Lipinski definition) is 2. The number of aliphatic hydroxyl groups is 2. The van der Waals surface area contributed by atoms with Crippen LogP contribution in [0.3, 0.4) is 0 Å². The van der Waals surface area contributed by atoms with E-state index in [1.165, 1.54) is 0 Å². The van der Waals surface area contributed by atoms with Crippen LogP contribution in [0.15, 0.2) is 0 Å². The predicted molar refractivity (Wildman–Crippen MR) is 91.4 cm³/mol. The lowest BCUT2D eigenvalue weighted by Crippen LogP contribution is -2.49. The number of carbonyl (C=O) groups is 1. The molecule has 1 aliphatic heterocycles. The third-order valence-electron chi connectivity index (χ3n) is 4.49. The molecule has 0 aromatic rings. The Bertz CT molecular complexity index is 355. The van der Waals surface area contributed by atoms with Crippen molar-refractivity contribution in [1.82, 2.24) is 4.90 Å². The molecule has 1 fully saturated rings. The number of aliphatic hydroxyl groups excluding tert-OH is 2. The first-order valence-corrected chi connectivity index (χ1v) is 9.03. The molecule has 1 aliphatic rings. The molecule has 136 valence electrons. The summed E-state index contributed by atoms with van der Waals surface area (Å²) in [6.07, 6.45) is 6.39. The molecule has 0 bridgehead atoms. The summed E-state index contributed by atoms with van der Waals surface area (Å²) in [5, 5.41) is 19.3. The van der Waals surface area contributed by atoms with Crippen LogP contribution in [0.2, 0.25) is 0 Å². The van der Waals surface area contributed by atoms with Crippen LogP contribution in [0, 0.1) is 0 Å². The molecule has 0 aromatic carbocycles. The van der Waals surface area contributed by atoms with Crippen LogP contribution in [0.4, 0.5) is 4.79 Å². The fourth-order valence-corrected chi connectivity index (χ4v) is 3.47. The molecular weight excluding hydrogens is 294 g/mol. The average Bonchev–Trinajstić information content (AvgIpc) is 2.75. The van der Waals surface area contributed by atoms with Crippen LogP contribution in [0.1, 0.15) is 79.1 Å². The number of rotatable bonds is 8. The van der Waals surface area contributed by atoms with Crippen molar-refractivity contribution >= 4 is 6.09 Å². The molecule has 1 amide bonds. The van der Waals surface area contributed by atoms with Gasteiger partial charge in [0.1, 0.15) is 5.60 Å². The zero-order valence-electron chi connectivity index (χ0n) is 15.3. The van der Waals surface area contributed by atoms with Gasteiger partial charge in [-0.2, -0.15) is 0 Å². The summed E-state index contributed by atoms with van der Waals surface area (Å²) in [6, 6.07) is 0. The van der Waals surface area contributed by atoms with E-state index in [-0.39, 0.29) is 18.2 Å². The first-order chi connectivity index (χ1) is 10.7. The molecule has 1 rings (SSSR count).